The van der Waals surface area contributed by atoms with Crippen molar-refractivity contribution in [1.82, 2.24) is 0 Å². The lowest BCUT2D eigenvalue weighted by molar-refractivity contribution is -0.385. The molecular formula is C23H21N3O5S. The lowest BCUT2D eigenvalue weighted by atomic mass is 10.0. The van der Waals surface area contributed by atoms with Gasteiger partial charge in [0.1, 0.15) is 0 Å². The van der Waals surface area contributed by atoms with Crippen molar-refractivity contribution in [2.75, 3.05) is 16.2 Å². The van der Waals surface area contributed by atoms with Crippen molar-refractivity contribution >= 4 is 33.0 Å². The molecule has 0 spiro atoms. The number of rotatable bonds is 6. The lowest BCUT2D eigenvalue weighted by Crippen LogP contribution is -2.35. The normalized spacial score (nSPS) is 13.3. The van der Waals surface area contributed by atoms with Gasteiger partial charge >= 0.3 is 0 Å². The van der Waals surface area contributed by atoms with Crippen LogP contribution < -0.4 is 9.62 Å². The lowest BCUT2D eigenvalue weighted by Gasteiger charge is -2.30. The summed E-state index contributed by atoms with van der Waals surface area (Å²) < 4.78 is 27.8. The van der Waals surface area contributed by atoms with Crippen LogP contribution >= 0.6 is 0 Å². The van der Waals surface area contributed by atoms with Crippen LogP contribution in [0.25, 0.3) is 0 Å². The summed E-state index contributed by atoms with van der Waals surface area (Å²) in [5.41, 5.74) is 2.29. The largest absolute Gasteiger partial charge is 0.326 e. The number of nitrogens with one attached hydrogen (secondary N) is 1. The fraction of sp³-hybridized carbons (Fsp3) is 0.174. The number of hydrogen-bond donors (Lipinski definition) is 1. The molecule has 32 heavy (non-hydrogen) atoms. The second-order valence-electron chi connectivity index (χ2n) is 7.44. The van der Waals surface area contributed by atoms with E-state index in [9.17, 15) is 23.3 Å². The van der Waals surface area contributed by atoms with E-state index in [1.165, 1.54) is 40.7 Å². The van der Waals surface area contributed by atoms with Crippen molar-refractivity contribution in [2.45, 2.75) is 24.2 Å². The quantitative estimate of drug-likeness (QED) is 0.451. The van der Waals surface area contributed by atoms with Gasteiger partial charge in [0.05, 0.1) is 21.9 Å². The van der Waals surface area contributed by atoms with Crippen LogP contribution in [0, 0.1) is 10.1 Å². The smallest absolute Gasteiger partial charge is 0.273 e. The summed E-state index contributed by atoms with van der Waals surface area (Å²) in [6.07, 6.45) is 1.42. The second-order valence-corrected chi connectivity index (χ2v) is 9.31. The highest BCUT2D eigenvalue weighted by Crippen LogP contribution is 2.32. The van der Waals surface area contributed by atoms with E-state index in [0.717, 1.165) is 18.4 Å². The van der Waals surface area contributed by atoms with Crippen molar-refractivity contribution in [3.05, 3.63) is 94.0 Å². The van der Waals surface area contributed by atoms with E-state index in [1.807, 2.05) is 24.3 Å². The number of nitro groups is 1. The van der Waals surface area contributed by atoms with Crippen molar-refractivity contribution in [3.8, 4) is 0 Å². The summed E-state index contributed by atoms with van der Waals surface area (Å²) in [6, 6.07) is 19.5. The van der Waals surface area contributed by atoms with E-state index in [4.69, 9.17) is 0 Å². The molecule has 0 bridgehead atoms. The molecule has 0 aromatic heterocycles. The molecule has 0 fully saturated rings. The number of anilines is 2. The summed E-state index contributed by atoms with van der Waals surface area (Å²) >= 11 is 0. The average molecular weight is 452 g/mol. The molecule has 3 aromatic carbocycles. The number of para-hydroxylation sites is 2. The van der Waals surface area contributed by atoms with Gasteiger partial charge in [-0.1, -0.05) is 36.4 Å². The summed E-state index contributed by atoms with van der Waals surface area (Å²) in [5, 5.41) is 13.8. The van der Waals surface area contributed by atoms with Gasteiger partial charge < -0.3 is 5.32 Å². The van der Waals surface area contributed by atoms with E-state index in [0.29, 0.717) is 23.5 Å². The number of sulfonamides is 1. The highest BCUT2D eigenvalue weighted by molar-refractivity contribution is 7.92. The molecule has 3 aromatic rings. The third kappa shape index (κ3) is 4.33. The second kappa shape index (κ2) is 8.80. The molecule has 1 aliphatic rings. The Morgan fingerprint density at radius 3 is 2.44 bits per heavy atom. The van der Waals surface area contributed by atoms with Crippen LogP contribution in [-0.2, 0) is 27.7 Å². The number of hydrogen-bond acceptors (Lipinski definition) is 5. The Morgan fingerprint density at radius 2 is 1.69 bits per heavy atom. The zero-order valence-electron chi connectivity index (χ0n) is 17.1. The Morgan fingerprint density at radius 1 is 1.00 bits per heavy atom. The van der Waals surface area contributed by atoms with E-state index in [2.05, 4.69) is 5.32 Å². The number of amides is 1. The molecule has 9 heteroatoms. The molecule has 0 unspecified atom stereocenters. The van der Waals surface area contributed by atoms with Gasteiger partial charge in [-0.15, -0.1) is 0 Å². The number of aryl methyl sites for hydroxylation is 1. The Hall–Kier alpha value is -3.72. The Kier molecular flexibility index (Phi) is 5.91. The van der Waals surface area contributed by atoms with E-state index >= 15 is 0 Å². The number of nitrogens with zero attached hydrogens (tertiary/aromatic N) is 2. The van der Waals surface area contributed by atoms with E-state index in [1.54, 1.807) is 12.1 Å². The molecule has 0 saturated heterocycles. The number of benzene rings is 3. The first-order chi connectivity index (χ1) is 15.4. The summed E-state index contributed by atoms with van der Waals surface area (Å²) in [4.78, 5) is 23.1. The number of carbonyl (C=O) groups excluding carboxylic acids is 1. The van der Waals surface area contributed by atoms with Crippen LogP contribution in [0.1, 0.15) is 17.5 Å². The monoisotopic (exact) mass is 451 g/mol. The molecule has 1 heterocycles. The molecule has 1 amide bonds. The molecular weight excluding hydrogens is 430 g/mol. The number of carbonyl (C=O) groups is 1. The summed E-state index contributed by atoms with van der Waals surface area (Å²) in [5.74, 6) is -0.431. The van der Waals surface area contributed by atoms with E-state index in [-0.39, 0.29) is 17.0 Å². The zero-order valence-corrected chi connectivity index (χ0v) is 17.9. The minimum Gasteiger partial charge on any atom is -0.326 e. The Bertz CT molecular complexity index is 1270. The van der Waals surface area contributed by atoms with Crippen molar-refractivity contribution < 1.29 is 18.1 Å². The van der Waals surface area contributed by atoms with E-state index < -0.39 is 20.9 Å². The van der Waals surface area contributed by atoms with Crippen LogP contribution in [0.15, 0.2) is 77.7 Å². The predicted molar refractivity (Wildman–Crippen MR) is 121 cm³/mol. The molecule has 0 atom stereocenters. The first-order valence-corrected chi connectivity index (χ1v) is 11.5. The molecule has 1 aliphatic heterocycles. The molecule has 1 N–H and O–H groups in total. The first-order valence-electron chi connectivity index (χ1n) is 10.1. The molecule has 0 saturated carbocycles. The molecule has 8 nitrogen and oxygen atoms in total. The van der Waals surface area contributed by atoms with Gasteiger partial charge in [0.15, 0.2) is 0 Å². The van der Waals surface area contributed by atoms with Crippen LogP contribution in [0.3, 0.4) is 0 Å². The summed E-state index contributed by atoms with van der Waals surface area (Å²) in [7, 11) is -3.74. The van der Waals surface area contributed by atoms with Crippen molar-refractivity contribution in [2.24, 2.45) is 0 Å². The van der Waals surface area contributed by atoms with Gasteiger partial charge in [0.25, 0.3) is 15.7 Å². The Labute approximate surface area is 185 Å². The topological polar surface area (TPSA) is 110 Å². The van der Waals surface area contributed by atoms with Crippen LogP contribution in [0.4, 0.5) is 17.1 Å². The van der Waals surface area contributed by atoms with Crippen LogP contribution in [0.5, 0.6) is 0 Å². The van der Waals surface area contributed by atoms with Gasteiger partial charge in [0.2, 0.25) is 5.91 Å². The number of fused-ring (bicyclic) bond motifs is 1. The number of nitro benzene ring substituents is 1. The molecule has 0 aliphatic carbocycles. The van der Waals surface area contributed by atoms with Gasteiger partial charge in [-0.25, -0.2) is 8.42 Å². The fourth-order valence-electron chi connectivity index (χ4n) is 3.80. The van der Waals surface area contributed by atoms with Gasteiger partial charge in [-0.2, -0.15) is 0 Å². The Balaban J connectivity index is 1.49. The fourth-order valence-corrected chi connectivity index (χ4v) is 5.34. The minimum absolute atomic E-state index is 0.120. The third-order valence-electron chi connectivity index (χ3n) is 5.33. The molecule has 164 valence electrons. The highest BCUT2D eigenvalue weighted by Gasteiger charge is 2.28. The maximum absolute atomic E-state index is 13.2. The first kappa shape index (κ1) is 21.5. The summed E-state index contributed by atoms with van der Waals surface area (Å²) in [6.45, 7) is 0.410. The standard InChI is InChI=1S/C23H21N3O5S/c27-23(16-18-7-2-4-10-22(18)26(28)29)24-19-11-13-20(14-12-19)32(30,31)25-15-5-8-17-6-1-3-9-21(17)25/h1-4,6-7,9-14H,5,8,15-16H2,(H,24,27). The van der Waals surface area contributed by atoms with Crippen molar-refractivity contribution in [3.63, 3.8) is 0 Å². The van der Waals surface area contributed by atoms with Crippen LogP contribution in [-0.4, -0.2) is 25.8 Å². The molecule has 0 radical (unpaired) electrons. The maximum atomic E-state index is 13.2. The molecule has 4 rings (SSSR count). The highest BCUT2D eigenvalue weighted by atomic mass is 32.2. The van der Waals surface area contributed by atoms with Gasteiger partial charge in [-0.3, -0.25) is 19.2 Å². The van der Waals surface area contributed by atoms with Crippen molar-refractivity contribution in [1.29, 1.82) is 0 Å². The van der Waals surface area contributed by atoms with Gasteiger partial charge in [0, 0.05) is 23.9 Å². The average Bonchev–Trinajstić information content (AvgIpc) is 2.79. The van der Waals surface area contributed by atoms with Gasteiger partial charge in [-0.05, 0) is 48.7 Å². The SMILES string of the molecule is O=C(Cc1ccccc1[N+](=O)[O-])Nc1ccc(S(=O)(=O)N2CCCc3ccccc32)cc1. The zero-order chi connectivity index (χ0) is 22.7. The third-order valence-corrected chi connectivity index (χ3v) is 7.16. The predicted octanol–water partition coefficient (Wildman–Crippen LogP) is 3.92. The maximum Gasteiger partial charge on any atom is 0.273 e. The minimum atomic E-state index is -3.74. The van der Waals surface area contributed by atoms with Crippen LogP contribution in [0.2, 0.25) is 0 Å².